The Hall–Kier alpha value is -3.80. The van der Waals surface area contributed by atoms with Crippen molar-refractivity contribution < 1.29 is 14.7 Å². The molecule has 4 aromatic rings. The summed E-state index contributed by atoms with van der Waals surface area (Å²) in [7, 11) is 0. The zero-order valence-corrected chi connectivity index (χ0v) is 15.6. The van der Waals surface area contributed by atoms with Crippen LogP contribution in [0.2, 0.25) is 0 Å². The van der Waals surface area contributed by atoms with E-state index in [1.54, 1.807) is 18.2 Å². The van der Waals surface area contributed by atoms with Gasteiger partial charge in [0.2, 0.25) is 0 Å². The number of hydrogen-bond donors (Lipinski definition) is 3. The van der Waals surface area contributed by atoms with Crippen LogP contribution in [-0.2, 0) is 6.54 Å². The number of anilines is 1. The lowest BCUT2D eigenvalue weighted by Gasteiger charge is -2.10. The summed E-state index contributed by atoms with van der Waals surface area (Å²) in [6, 6.07) is 18.8. The summed E-state index contributed by atoms with van der Waals surface area (Å²) < 4.78 is 2.15. The van der Waals surface area contributed by atoms with Gasteiger partial charge < -0.3 is 15.0 Å². The van der Waals surface area contributed by atoms with Crippen molar-refractivity contribution in [2.45, 2.75) is 13.0 Å². The average molecular weight is 385 g/mol. The monoisotopic (exact) mass is 385 g/mol. The minimum absolute atomic E-state index is 0.129. The van der Waals surface area contributed by atoms with Crippen LogP contribution in [-0.4, -0.2) is 28.0 Å². The molecule has 1 aliphatic rings. The summed E-state index contributed by atoms with van der Waals surface area (Å²) in [6.07, 6.45) is 0.872. The van der Waals surface area contributed by atoms with Crippen LogP contribution >= 0.6 is 0 Å². The number of nitrogens with zero attached hydrogens (tertiary/aromatic N) is 1. The van der Waals surface area contributed by atoms with Gasteiger partial charge in [0.25, 0.3) is 11.8 Å². The van der Waals surface area contributed by atoms with Crippen molar-refractivity contribution in [3.05, 3.63) is 71.8 Å². The maximum absolute atomic E-state index is 12.4. The fourth-order valence-electron chi connectivity index (χ4n) is 4.10. The maximum Gasteiger partial charge on any atom is 0.259 e. The molecule has 144 valence electrons. The van der Waals surface area contributed by atoms with Gasteiger partial charge in [0.05, 0.1) is 11.1 Å². The molecule has 1 aliphatic heterocycles. The van der Waals surface area contributed by atoms with Crippen molar-refractivity contribution in [3.8, 4) is 5.75 Å². The molecule has 1 aromatic heterocycles. The molecule has 6 heteroatoms. The Morgan fingerprint density at radius 1 is 0.931 bits per heavy atom. The highest BCUT2D eigenvalue weighted by Gasteiger charge is 2.31. The van der Waals surface area contributed by atoms with Gasteiger partial charge in [-0.15, -0.1) is 0 Å². The van der Waals surface area contributed by atoms with Crippen LogP contribution in [0.25, 0.3) is 21.8 Å². The Morgan fingerprint density at radius 3 is 2.55 bits per heavy atom. The van der Waals surface area contributed by atoms with E-state index in [1.165, 1.54) is 0 Å². The van der Waals surface area contributed by atoms with Gasteiger partial charge >= 0.3 is 0 Å². The second-order valence-corrected chi connectivity index (χ2v) is 7.16. The van der Waals surface area contributed by atoms with E-state index in [0.29, 0.717) is 16.5 Å². The number of imide groups is 1. The first-order valence-electron chi connectivity index (χ1n) is 9.56. The van der Waals surface area contributed by atoms with Crippen LogP contribution < -0.4 is 10.6 Å². The average Bonchev–Trinajstić information content (AvgIpc) is 3.19. The number of rotatable bonds is 5. The highest BCUT2D eigenvalue weighted by atomic mass is 16.3. The summed E-state index contributed by atoms with van der Waals surface area (Å²) in [5, 5.41) is 17.3. The topological polar surface area (TPSA) is 83.4 Å². The van der Waals surface area contributed by atoms with Gasteiger partial charge in [0.1, 0.15) is 5.75 Å². The van der Waals surface area contributed by atoms with Gasteiger partial charge in [-0.05, 0) is 48.9 Å². The summed E-state index contributed by atoms with van der Waals surface area (Å²) in [5.41, 5.74) is 3.67. The fraction of sp³-hybridized carbons (Fsp3) is 0.130. The number of carbonyl (C=O) groups is 2. The number of aromatic hydroxyl groups is 1. The maximum atomic E-state index is 12.4. The highest BCUT2D eigenvalue weighted by molar-refractivity contribution is 6.30. The van der Waals surface area contributed by atoms with E-state index >= 15 is 0 Å². The lowest BCUT2D eigenvalue weighted by atomic mass is 10.0. The van der Waals surface area contributed by atoms with Gasteiger partial charge in [-0.3, -0.25) is 14.9 Å². The molecule has 0 fully saturated rings. The molecule has 0 radical (unpaired) electrons. The summed E-state index contributed by atoms with van der Waals surface area (Å²) >= 11 is 0. The number of hydrogen-bond acceptors (Lipinski definition) is 4. The van der Waals surface area contributed by atoms with Gasteiger partial charge in [-0.2, -0.15) is 0 Å². The van der Waals surface area contributed by atoms with Crippen LogP contribution in [0.4, 0.5) is 5.69 Å². The van der Waals surface area contributed by atoms with Crippen LogP contribution in [0.1, 0.15) is 27.1 Å². The van der Waals surface area contributed by atoms with Crippen molar-refractivity contribution >= 4 is 39.3 Å². The van der Waals surface area contributed by atoms with E-state index in [0.717, 1.165) is 41.6 Å². The Balaban J connectivity index is 1.55. The summed E-state index contributed by atoms with van der Waals surface area (Å²) in [4.78, 5) is 24.5. The molecule has 0 atom stereocenters. The minimum Gasteiger partial charge on any atom is -0.508 e. The number of carbonyl (C=O) groups excluding carboxylic acids is 2. The molecular formula is C23H19N3O3. The van der Waals surface area contributed by atoms with Gasteiger partial charge in [0.15, 0.2) is 0 Å². The van der Waals surface area contributed by atoms with Gasteiger partial charge in [-0.25, -0.2) is 0 Å². The number of aromatic nitrogens is 1. The quantitative estimate of drug-likeness (QED) is 0.360. The molecule has 0 saturated heterocycles. The molecule has 29 heavy (non-hydrogen) atoms. The third-order valence-corrected chi connectivity index (χ3v) is 5.37. The van der Waals surface area contributed by atoms with Gasteiger partial charge in [-0.1, -0.05) is 18.2 Å². The number of phenolic OH excluding ortho intramolecular Hbond substituents is 1. The number of benzene rings is 3. The van der Waals surface area contributed by atoms with E-state index in [4.69, 9.17) is 0 Å². The first kappa shape index (κ1) is 17.3. The first-order valence-corrected chi connectivity index (χ1v) is 9.56. The largest absolute Gasteiger partial charge is 0.508 e. The number of amides is 2. The molecule has 0 aliphatic carbocycles. The fourth-order valence-corrected chi connectivity index (χ4v) is 4.10. The molecule has 0 bridgehead atoms. The van der Waals surface area contributed by atoms with E-state index in [2.05, 4.69) is 15.2 Å². The molecule has 3 N–H and O–H groups in total. The number of aryl methyl sites for hydroxylation is 1. The van der Waals surface area contributed by atoms with Crippen molar-refractivity contribution in [2.24, 2.45) is 0 Å². The molecule has 0 saturated carbocycles. The third kappa shape index (κ3) is 2.81. The van der Waals surface area contributed by atoms with Crippen LogP contribution in [0.3, 0.4) is 0 Å². The standard InChI is InChI=1S/C23H19N3O3/c27-15-7-9-18-17(13-15)20-19(10-8-16-21(20)23(29)25-22(16)28)26(18)12-4-11-24-14-5-2-1-3-6-14/h1-3,5-10,13,24,27H,4,11-12H2,(H,25,28,29). The van der Waals surface area contributed by atoms with E-state index in [1.807, 2.05) is 42.5 Å². The zero-order valence-electron chi connectivity index (χ0n) is 15.6. The highest BCUT2D eigenvalue weighted by Crippen LogP contribution is 2.36. The van der Waals surface area contributed by atoms with Crippen LogP contribution in [0, 0.1) is 0 Å². The second-order valence-electron chi connectivity index (χ2n) is 7.16. The zero-order chi connectivity index (χ0) is 20.0. The number of nitrogens with one attached hydrogen (secondary N) is 2. The predicted molar refractivity (Wildman–Crippen MR) is 112 cm³/mol. The lowest BCUT2D eigenvalue weighted by Crippen LogP contribution is -2.19. The van der Waals surface area contributed by atoms with Crippen LogP contribution in [0.5, 0.6) is 5.75 Å². The second kappa shape index (κ2) is 6.67. The van der Waals surface area contributed by atoms with Gasteiger partial charge in [0, 0.05) is 40.6 Å². The Bertz CT molecular complexity index is 1280. The number of phenols is 1. The van der Waals surface area contributed by atoms with E-state index in [9.17, 15) is 14.7 Å². The van der Waals surface area contributed by atoms with Crippen molar-refractivity contribution in [1.82, 2.24) is 9.88 Å². The molecule has 6 nitrogen and oxygen atoms in total. The van der Waals surface area contributed by atoms with Crippen molar-refractivity contribution in [3.63, 3.8) is 0 Å². The molecule has 2 heterocycles. The molecule has 0 spiro atoms. The normalized spacial score (nSPS) is 13.1. The molecule has 3 aromatic carbocycles. The summed E-state index contributed by atoms with van der Waals surface area (Å²) in [6.45, 7) is 1.53. The minimum atomic E-state index is -0.385. The van der Waals surface area contributed by atoms with E-state index in [-0.39, 0.29) is 17.6 Å². The molecule has 5 rings (SSSR count). The Morgan fingerprint density at radius 2 is 1.72 bits per heavy atom. The smallest absolute Gasteiger partial charge is 0.259 e. The Labute approximate surface area is 166 Å². The van der Waals surface area contributed by atoms with Crippen LogP contribution in [0.15, 0.2) is 60.7 Å². The van der Waals surface area contributed by atoms with E-state index < -0.39 is 0 Å². The lowest BCUT2D eigenvalue weighted by molar-refractivity contribution is 0.0880. The Kier molecular flexibility index (Phi) is 3.98. The number of fused-ring (bicyclic) bond motifs is 5. The molecular weight excluding hydrogens is 366 g/mol. The van der Waals surface area contributed by atoms with Crippen molar-refractivity contribution in [1.29, 1.82) is 0 Å². The summed E-state index contributed by atoms with van der Waals surface area (Å²) in [5.74, 6) is -0.631. The SMILES string of the molecule is O=C1NC(=O)c2c1ccc1c2c2cc(O)ccc2n1CCCNc1ccccc1. The predicted octanol–water partition coefficient (Wildman–Crippen LogP) is 3.89. The number of para-hydroxylation sites is 1. The van der Waals surface area contributed by atoms with Crippen molar-refractivity contribution in [2.75, 3.05) is 11.9 Å². The molecule has 2 amide bonds. The first-order chi connectivity index (χ1) is 14.1. The molecule has 0 unspecified atom stereocenters. The third-order valence-electron chi connectivity index (χ3n) is 5.37.